The maximum atomic E-state index is 4.65. The van der Waals surface area contributed by atoms with E-state index in [0.29, 0.717) is 0 Å². The number of hydrogen-bond acceptors (Lipinski definition) is 3. The van der Waals surface area contributed by atoms with Gasteiger partial charge < -0.3 is 10.3 Å². The van der Waals surface area contributed by atoms with Gasteiger partial charge in [0.15, 0.2) is 5.13 Å². The Hall–Kier alpha value is -2.33. The first-order chi connectivity index (χ1) is 9.90. The molecule has 4 heteroatoms. The van der Waals surface area contributed by atoms with Gasteiger partial charge in [0.05, 0.1) is 10.2 Å². The highest BCUT2D eigenvalue weighted by molar-refractivity contribution is 7.23. The third kappa shape index (κ3) is 1.94. The van der Waals surface area contributed by atoms with Crippen molar-refractivity contribution < 1.29 is 0 Å². The van der Waals surface area contributed by atoms with Crippen molar-refractivity contribution >= 4 is 37.6 Å². The summed E-state index contributed by atoms with van der Waals surface area (Å²) in [6, 6.07) is 16.6. The van der Waals surface area contributed by atoms with Crippen LogP contribution < -0.4 is 5.32 Å². The molecule has 0 radical (unpaired) electrons. The minimum atomic E-state index is 0.803. The zero-order chi connectivity index (χ0) is 13.4. The Balaban J connectivity index is 1.67. The lowest BCUT2D eigenvalue weighted by molar-refractivity contribution is 1.14. The molecule has 0 saturated carbocycles. The Kier molecular flexibility index (Phi) is 2.67. The summed E-state index contributed by atoms with van der Waals surface area (Å²) in [4.78, 5) is 7.89. The number of aromatic nitrogens is 2. The Bertz CT molecular complexity index is 861. The van der Waals surface area contributed by atoms with E-state index in [-0.39, 0.29) is 0 Å². The van der Waals surface area contributed by atoms with Crippen molar-refractivity contribution in [1.29, 1.82) is 0 Å². The van der Waals surface area contributed by atoms with E-state index in [1.807, 2.05) is 12.3 Å². The smallest absolute Gasteiger partial charge is 0.184 e. The van der Waals surface area contributed by atoms with E-state index in [0.717, 1.165) is 22.7 Å². The van der Waals surface area contributed by atoms with E-state index in [1.54, 1.807) is 11.3 Å². The number of hydrogen-bond donors (Lipinski definition) is 2. The molecule has 20 heavy (non-hydrogen) atoms. The summed E-state index contributed by atoms with van der Waals surface area (Å²) < 4.78 is 1.24. The lowest BCUT2D eigenvalue weighted by Gasteiger charge is -2.01. The Morgan fingerprint density at radius 3 is 2.85 bits per heavy atom. The largest absolute Gasteiger partial charge is 0.361 e. The quantitative estimate of drug-likeness (QED) is 0.584. The van der Waals surface area contributed by atoms with Crippen LogP contribution in [0, 0.1) is 0 Å². The molecule has 98 valence electrons. The summed E-state index contributed by atoms with van der Waals surface area (Å²) in [6.45, 7) is 0.803. The first kappa shape index (κ1) is 11.5. The molecule has 0 amide bonds. The highest BCUT2D eigenvalue weighted by Crippen LogP contribution is 2.32. The monoisotopic (exact) mass is 279 g/mol. The number of aromatic amines is 1. The first-order valence-corrected chi connectivity index (χ1v) is 7.36. The van der Waals surface area contributed by atoms with E-state index in [4.69, 9.17) is 0 Å². The van der Waals surface area contributed by atoms with Crippen LogP contribution in [0.3, 0.4) is 0 Å². The Morgan fingerprint density at radius 2 is 1.95 bits per heavy atom. The standard InChI is InChI=1S/C16H13N3S/c1-2-4-11(5-3-1)10-18-16-19-14-7-6-13-12(8-9-17-13)15(14)20-16/h1-9,17H,10H2,(H,18,19). The van der Waals surface area contributed by atoms with Gasteiger partial charge in [-0.1, -0.05) is 41.7 Å². The van der Waals surface area contributed by atoms with Crippen molar-refractivity contribution in [3.05, 3.63) is 60.3 Å². The summed E-state index contributed by atoms with van der Waals surface area (Å²) in [5, 5.41) is 5.62. The molecule has 0 unspecified atom stereocenters. The van der Waals surface area contributed by atoms with Gasteiger partial charge in [-0.05, 0) is 23.8 Å². The second kappa shape index (κ2) is 4.65. The fraction of sp³-hybridized carbons (Fsp3) is 0.0625. The van der Waals surface area contributed by atoms with Crippen molar-refractivity contribution in [1.82, 2.24) is 9.97 Å². The highest BCUT2D eigenvalue weighted by Gasteiger charge is 2.07. The summed E-state index contributed by atoms with van der Waals surface area (Å²) in [5.41, 5.74) is 3.48. The minimum Gasteiger partial charge on any atom is -0.361 e. The number of H-pyrrole nitrogens is 1. The highest BCUT2D eigenvalue weighted by atomic mass is 32.1. The number of benzene rings is 2. The van der Waals surface area contributed by atoms with Gasteiger partial charge in [-0.2, -0.15) is 0 Å². The van der Waals surface area contributed by atoms with Gasteiger partial charge in [0.2, 0.25) is 0 Å². The Labute approximate surface area is 120 Å². The first-order valence-electron chi connectivity index (χ1n) is 6.54. The van der Waals surface area contributed by atoms with Crippen LogP contribution in [0.1, 0.15) is 5.56 Å². The lowest BCUT2D eigenvalue weighted by Crippen LogP contribution is -1.97. The van der Waals surface area contributed by atoms with E-state index in [1.165, 1.54) is 15.6 Å². The van der Waals surface area contributed by atoms with Crippen LogP contribution in [0.25, 0.3) is 21.1 Å². The number of anilines is 1. The van der Waals surface area contributed by atoms with Gasteiger partial charge in [0.1, 0.15) is 0 Å². The normalized spacial score (nSPS) is 11.2. The third-order valence-corrected chi connectivity index (χ3v) is 4.43. The topological polar surface area (TPSA) is 40.7 Å². The summed E-state index contributed by atoms with van der Waals surface area (Å²) in [6.07, 6.45) is 1.97. The molecule has 0 saturated heterocycles. The molecule has 2 aromatic carbocycles. The molecule has 0 fully saturated rings. The molecule has 4 aromatic rings. The molecular weight excluding hydrogens is 266 g/mol. The third-order valence-electron chi connectivity index (χ3n) is 3.37. The molecule has 2 aromatic heterocycles. The van der Waals surface area contributed by atoms with Crippen LogP contribution in [-0.4, -0.2) is 9.97 Å². The van der Waals surface area contributed by atoms with Gasteiger partial charge in [-0.15, -0.1) is 0 Å². The van der Waals surface area contributed by atoms with Gasteiger partial charge in [0.25, 0.3) is 0 Å². The molecule has 2 heterocycles. The average Bonchev–Trinajstić information content (AvgIpc) is 3.11. The number of thiazole rings is 1. The van der Waals surface area contributed by atoms with Crippen molar-refractivity contribution in [3.63, 3.8) is 0 Å². The summed E-state index contributed by atoms with van der Waals surface area (Å²) >= 11 is 1.71. The lowest BCUT2D eigenvalue weighted by atomic mass is 10.2. The molecule has 0 atom stereocenters. The molecule has 0 aliphatic carbocycles. The van der Waals surface area contributed by atoms with Crippen molar-refractivity contribution in [2.24, 2.45) is 0 Å². The van der Waals surface area contributed by atoms with Gasteiger partial charge in [0, 0.05) is 23.6 Å². The van der Waals surface area contributed by atoms with Crippen molar-refractivity contribution in [2.75, 3.05) is 5.32 Å². The second-order valence-electron chi connectivity index (χ2n) is 4.71. The molecule has 0 bridgehead atoms. The summed E-state index contributed by atoms with van der Waals surface area (Å²) in [7, 11) is 0. The Morgan fingerprint density at radius 1 is 1.05 bits per heavy atom. The molecule has 0 aliphatic rings. The number of fused-ring (bicyclic) bond motifs is 3. The number of nitrogens with zero attached hydrogens (tertiary/aromatic N) is 1. The van der Waals surface area contributed by atoms with Crippen molar-refractivity contribution in [3.8, 4) is 0 Å². The second-order valence-corrected chi connectivity index (χ2v) is 5.71. The number of nitrogens with one attached hydrogen (secondary N) is 2. The fourth-order valence-electron chi connectivity index (χ4n) is 2.37. The van der Waals surface area contributed by atoms with Crippen LogP contribution in [0.4, 0.5) is 5.13 Å². The number of rotatable bonds is 3. The van der Waals surface area contributed by atoms with Crippen LogP contribution >= 0.6 is 11.3 Å². The fourth-order valence-corrected chi connectivity index (χ4v) is 3.36. The van der Waals surface area contributed by atoms with Gasteiger partial charge in [-0.25, -0.2) is 4.98 Å². The minimum absolute atomic E-state index is 0.803. The predicted octanol–water partition coefficient (Wildman–Crippen LogP) is 4.39. The maximum absolute atomic E-state index is 4.65. The van der Waals surface area contributed by atoms with Crippen molar-refractivity contribution in [2.45, 2.75) is 6.54 Å². The molecule has 0 aliphatic heterocycles. The van der Waals surface area contributed by atoms with E-state index < -0.39 is 0 Å². The maximum Gasteiger partial charge on any atom is 0.184 e. The SMILES string of the molecule is c1ccc(CNc2nc3ccc4[nH]ccc4c3s2)cc1. The van der Waals surface area contributed by atoms with Gasteiger partial charge in [-0.3, -0.25) is 0 Å². The molecular formula is C16H13N3S. The predicted molar refractivity (Wildman–Crippen MR) is 85.2 cm³/mol. The summed E-state index contributed by atoms with van der Waals surface area (Å²) in [5.74, 6) is 0. The van der Waals surface area contributed by atoms with E-state index in [9.17, 15) is 0 Å². The van der Waals surface area contributed by atoms with E-state index >= 15 is 0 Å². The zero-order valence-electron chi connectivity index (χ0n) is 10.8. The molecule has 2 N–H and O–H groups in total. The van der Waals surface area contributed by atoms with Crippen LogP contribution in [0.5, 0.6) is 0 Å². The van der Waals surface area contributed by atoms with Gasteiger partial charge >= 0.3 is 0 Å². The zero-order valence-corrected chi connectivity index (χ0v) is 11.6. The molecule has 4 rings (SSSR count). The van der Waals surface area contributed by atoms with E-state index in [2.05, 4.69) is 57.7 Å². The van der Waals surface area contributed by atoms with Crippen LogP contribution in [-0.2, 0) is 6.54 Å². The average molecular weight is 279 g/mol. The van der Waals surface area contributed by atoms with Crippen LogP contribution in [0.15, 0.2) is 54.7 Å². The molecule has 0 spiro atoms. The van der Waals surface area contributed by atoms with Crippen LogP contribution in [0.2, 0.25) is 0 Å². The molecule has 3 nitrogen and oxygen atoms in total.